The highest BCUT2D eigenvalue weighted by Crippen LogP contribution is 1.71. The molecule has 0 rings (SSSR count). The molecule has 0 aromatic rings. The summed E-state index contributed by atoms with van der Waals surface area (Å²) in [4.78, 5) is 0. The van der Waals surface area contributed by atoms with Crippen molar-refractivity contribution in [1.29, 1.82) is 5.41 Å². The third-order valence-corrected chi connectivity index (χ3v) is 0.434. The van der Waals surface area contributed by atoms with Crippen LogP contribution in [0.4, 0.5) is 0 Å². The minimum absolute atomic E-state index is 0.0740. The number of rotatable bonds is 4. The van der Waals surface area contributed by atoms with E-state index in [2.05, 4.69) is 9.47 Å². The Bertz CT molecular complexity index is 73.7. The van der Waals surface area contributed by atoms with E-state index in [-0.39, 0.29) is 13.4 Å². The summed E-state index contributed by atoms with van der Waals surface area (Å²) in [5.41, 5.74) is 0. The van der Waals surface area contributed by atoms with Crippen molar-refractivity contribution in [1.82, 2.24) is 0 Å². The third kappa shape index (κ3) is 5.39. The van der Waals surface area contributed by atoms with E-state index >= 15 is 0 Å². The molecule has 1 N–H and O–H groups in total. The quantitative estimate of drug-likeness (QED) is 0.221. The van der Waals surface area contributed by atoms with Gasteiger partial charge in [-0.05, 0) is 5.90 Å². The number of methoxy groups -OCH3 is 1. The summed E-state index contributed by atoms with van der Waals surface area (Å²) in [6, 6.07) is 0. The summed E-state index contributed by atoms with van der Waals surface area (Å²) < 4.78 is 8.92. The monoisotopic (exact) mass is 118 g/mol. The van der Waals surface area contributed by atoms with E-state index in [1.807, 2.05) is 0 Å². The van der Waals surface area contributed by atoms with Crippen molar-refractivity contribution in [2.75, 3.05) is 20.5 Å². The maximum absolute atomic E-state index is 9.80. The molecule has 0 amide bonds. The zero-order valence-electron chi connectivity index (χ0n) is 4.64. The molecule has 0 bridgehead atoms. The summed E-state index contributed by atoms with van der Waals surface area (Å²) in [7, 11) is 1.45. The van der Waals surface area contributed by atoms with E-state index in [1.165, 1.54) is 7.11 Å². The molecule has 0 saturated carbocycles. The molecular formula is C4H8NO3-. The highest BCUT2D eigenvalue weighted by atomic mass is 16.7. The molecule has 0 radical (unpaired) electrons. The van der Waals surface area contributed by atoms with Crippen LogP contribution in [0.25, 0.3) is 0 Å². The van der Waals surface area contributed by atoms with Crippen LogP contribution in [0.1, 0.15) is 0 Å². The van der Waals surface area contributed by atoms with Crippen LogP contribution in [-0.2, 0) is 9.47 Å². The zero-order chi connectivity index (χ0) is 6.41. The van der Waals surface area contributed by atoms with E-state index in [0.717, 1.165) is 0 Å². The normalized spacial score (nSPS) is 9.12. The Morgan fingerprint density at radius 3 is 2.75 bits per heavy atom. The van der Waals surface area contributed by atoms with Crippen LogP contribution in [0.2, 0.25) is 0 Å². The van der Waals surface area contributed by atoms with Crippen LogP contribution in [0.3, 0.4) is 0 Å². The van der Waals surface area contributed by atoms with Crippen LogP contribution >= 0.6 is 0 Å². The van der Waals surface area contributed by atoms with Gasteiger partial charge in [0.2, 0.25) is 0 Å². The van der Waals surface area contributed by atoms with Crippen molar-refractivity contribution < 1.29 is 14.6 Å². The van der Waals surface area contributed by atoms with Crippen molar-refractivity contribution >= 4 is 5.90 Å². The molecule has 0 fully saturated rings. The van der Waals surface area contributed by atoms with Gasteiger partial charge in [-0.1, -0.05) is 0 Å². The maximum atomic E-state index is 9.80. The first-order valence-corrected chi connectivity index (χ1v) is 2.08. The van der Waals surface area contributed by atoms with Gasteiger partial charge in [-0.2, -0.15) is 0 Å². The summed E-state index contributed by atoms with van der Waals surface area (Å²) in [5.74, 6) is -0.734. The van der Waals surface area contributed by atoms with Gasteiger partial charge in [0.15, 0.2) is 0 Å². The second-order valence-electron chi connectivity index (χ2n) is 1.18. The second kappa shape index (κ2) is 4.55. The second-order valence-corrected chi connectivity index (χ2v) is 1.18. The Morgan fingerprint density at radius 1 is 1.75 bits per heavy atom. The number of hydrogen-bond acceptors (Lipinski definition) is 4. The Balaban J connectivity index is 2.82. The summed E-state index contributed by atoms with van der Waals surface area (Å²) in [6.45, 7) is -0.113. The molecule has 4 heteroatoms. The first kappa shape index (κ1) is 7.39. The number of hydrogen-bond donors (Lipinski definition) is 1. The van der Waals surface area contributed by atoms with Crippen LogP contribution in [0, 0.1) is 5.41 Å². The van der Waals surface area contributed by atoms with Crippen molar-refractivity contribution in [3.63, 3.8) is 0 Å². The first-order chi connectivity index (χ1) is 3.77. The highest BCUT2D eigenvalue weighted by molar-refractivity contribution is 5.68. The van der Waals surface area contributed by atoms with Gasteiger partial charge in [0.1, 0.15) is 6.79 Å². The molecule has 0 unspecified atom stereocenters. The molecule has 48 valence electrons. The minimum atomic E-state index is -0.734. The van der Waals surface area contributed by atoms with Gasteiger partial charge in [0.25, 0.3) is 0 Å². The lowest BCUT2D eigenvalue weighted by atomic mass is 10.7. The zero-order valence-corrected chi connectivity index (χ0v) is 4.64. The van der Waals surface area contributed by atoms with Gasteiger partial charge in [0, 0.05) is 7.11 Å². The van der Waals surface area contributed by atoms with Gasteiger partial charge in [0.05, 0.1) is 6.61 Å². The fraction of sp³-hybridized carbons (Fsp3) is 0.750. The third-order valence-electron chi connectivity index (χ3n) is 0.434. The summed E-state index contributed by atoms with van der Waals surface area (Å²) in [5, 5.41) is 16.1. The van der Waals surface area contributed by atoms with Gasteiger partial charge in [-0.25, -0.2) is 0 Å². The maximum Gasteiger partial charge on any atom is 0.146 e. The standard InChI is InChI=1S/C4H9NO3/c1-7-3-8-2-4(5)6/h2-3H2,1H3,(H2,5,6)/p-1. The molecule has 0 atom stereocenters. The molecule has 8 heavy (non-hydrogen) atoms. The first-order valence-electron chi connectivity index (χ1n) is 2.08. The SMILES string of the molecule is COCOCC(=N)[O-]. The molecule has 0 aliphatic heterocycles. The van der Waals surface area contributed by atoms with Crippen LogP contribution in [0.15, 0.2) is 0 Å². The predicted octanol–water partition coefficient (Wildman–Crippen LogP) is -1.06. The van der Waals surface area contributed by atoms with E-state index < -0.39 is 5.90 Å². The van der Waals surface area contributed by atoms with E-state index in [9.17, 15) is 5.11 Å². The lowest BCUT2D eigenvalue weighted by Gasteiger charge is -2.05. The Labute approximate surface area is 47.5 Å². The Hall–Kier alpha value is -0.610. The van der Waals surface area contributed by atoms with Crippen molar-refractivity contribution in [3.05, 3.63) is 0 Å². The lowest BCUT2D eigenvalue weighted by molar-refractivity contribution is -0.227. The number of nitrogens with one attached hydrogen (secondary N) is 1. The molecule has 0 aromatic carbocycles. The van der Waals surface area contributed by atoms with Crippen molar-refractivity contribution in [3.8, 4) is 0 Å². The van der Waals surface area contributed by atoms with Gasteiger partial charge >= 0.3 is 0 Å². The fourth-order valence-electron chi connectivity index (χ4n) is 0.218. The average molecular weight is 118 g/mol. The summed E-state index contributed by atoms with van der Waals surface area (Å²) in [6.07, 6.45) is 0. The fourth-order valence-corrected chi connectivity index (χ4v) is 0.218. The minimum Gasteiger partial charge on any atom is -0.861 e. The average Bonchev–Trinajstić information content (AvgIpc) is 1.66. The topological polar surface area (TPSA) is 65.4 Å². The summed E-state index contributed by atoms with van der Waals surface area (Å²) >= 11 is 0. The van der Waals surface area contributed by atoms with Gasteiger partial charge < -0.3 is 20.0 Å². The lowest BCUT2D eigenvalue weighted by Crippen LogP contribution is -2.22. The molecule has 0 aliphatic carbocycles. The molecule has 0 saturated heterocycles. The number of ether oxygens (including phenoxy) is 2. The molecule has 4 nitrogen and oxygen atoms in total. The van der Waals surface area contributed by atoms with Gasteiger partial charge in [-0.3, -0.25) is 0 Å². The van der Waals surface area contributed by atoms with Gasteiger partial charge in [-0.15, -0.1) is 0 Å². The van der Waals surface area contributed by atoms with E-state index in [4.69, 9.17) is 5.41 Å². The van der Waals surface area contributed by atoms with E-state index in [1.54, 1.807) is 0 Å². The smallest absolute Gasteiger partial charge is 0.146 e. The van der Waals surface area contributed by atoms with Crippen LogP contribution in [0.5, 0.6) is 0 Å². The largest absolute Gasteiger partial charge is 0.861 e. The predicted molar refractivity (Wildman–Crippen MR) is 25.6 cm³/mol. The molecular weight excluding hydrogens is 110 g/mol. The van der Waals surface area contributed by atoms with Crippen LogP contribution in [-0.4, -0.2) is 26.4 Å². The van der Waals surface area contributed by atoms with Crippen molar-refractivity contribution in [2.45, 2.75) is 0 Å². The molecule has 0 spiro atoms. The Morgan fingerprint density at radius 2 is 2.38 bits per heavy atom. The highest BCUT2D eigenvalue weighted by Gasteiger charge is 1.79. The molecule has 0 aromatic heterocycles. The van der Waals surface area contributed by atoms with E-state index in [0.29, 0.717) is 0 Å². The van der Waals surface area contributed by atoms with Crippen LogP contribution < -0.4 is 5.11 Å². The van der Waals surface area contributed by atoms with Crippen molar-refractivity contribution in [2.24, 2.45) is 0 Å². The Kier molecular flexibility index (Phi) is 4.20. The molecule has 0 aliphatic rings. The molecule has 0 heterocycles.